The van der Waals surface area contributed by atoms with Gasteiger partial charge in [0.2, 0.25) is 0 Å². The second-order valence-corrected chi connectivity index (χ2v) is 4.55. The smallest absolute Gasteiger partial charge is 0.330 e. The molecule has 0 aliphatic heterocycles. The standard InChI is InChI=1S/C15H21NO3/c1-2-3-5-10-14(17)19-15(18)13(16)11-12-8-6-4-7-9-12/h4,6-9,13H,2-3,5,10-11,16H2,1H3/t13-/m0/s1. The minimum absolute atomic E-state index is 0.275. The third-order valence-corrected chi connectivity index (χ3v) is 2.80. The lowest BCUT2D eigenvalue weighted by Crippen LogP contribution is -2.35. The van der Waals surface area contributed by atoms with E-state index in [-0.39, 0.29) is 6.42 Å². The Morgan fingerprint density at radius 1 is 1.21 bits per heavy atom. The van der Waals surface area contributed by atoms with Crippen molar-refractivity contribution in [1.29, 1.82) is 0 Å². The Balaban J connectivity index is 2.34. The molecule has 4 heteroatoms. The van der Waals surface area contributed by atoms with Crippen LogP contribution in [0.5, 0.6) is 0 Å². The van der Waals surface area contributed by atoms with Gasteiger partial charge in [0.25, 0.3) is 0 Å². The van der Waals surface area contributed by atoms with Crippen LogP contribution < -0.4 is 5.73 Å². The molecule has 4 nitrogen and oxygen atoms in total. The quantitative estimate of drug-likeness (QED) is 0.465. The van der Waals surface area contributed by atoms with Crippen molar-refractivity contribution in [1.82, 2.24) is 0 Å². The van der Waals surface area contributed by atoms with E-state index in [9.17, 15) is 9.59 Å². The van der Waals surface area contributed by atoms with E-state index in [1.807, 2.05) is 37.3 Å². The minimum atomic E-state index is -0.794. The van der Waals surface area contributed by atoms with Crippen molar-refractivity contribution in [3.05, 3.63) is 35.9 Å². The summed E-state index contributed by atoms with van der Waals surface area (Å²) in [6, 6.07) is 8.63. The maximum atomic E-state index is 11.6. The lowest BCUT2D eigenvalue weighted by atomic mass is 10.1. The number of hydrogen-bond donors (Lipinski definition) is 1. The van der Waals surface area contributed by atoms with Crippen molar-refractivity contribution in [2.75, 3.05) is 0 Å². The molecule has 19 heavy (non-hydrogen) atoms. The topological polar surface area (TPSA) is 69.4 Å². The van der Waals surface area contributed by atoms with Crippen LogP contribution in [0.3, 0.4) is 0 Å². The largest absolute Gasteiger partial charge is 0.392 e. The zero-order chi connectivity index (χ0) is 14.1. The van der Waals surface area contributed by atoms with E-state index in [1.54, 1.807) is 0 Å². The monoisotopic (exact) mass is 263 g/mol. The molecule has 1 aromatic rings. The Hall–Kier alpha value is -1.68. The van der Waals surface area contributed by atoms with Crippen LogP contribution in [0.1, 0.15) is 38.2 Å². The van der Waals surface area contributed by atoms with Crippen molar-refractivity contribution in [3.63, 3.8) is 0 Å². The first-order chi connectivity index (χ1) is 9.13. The summed E-state index contributed by atoms with van der Waals surface area (Å²) in [6.07, 6.45) is 3.38. The number of esters is 2. The Kier molecular flexibility index (Phi) is 6.82. The molecule has 1 aromatic carbocycles. The Bertz CT molecular complexity index is 403. The van der Waals surface area contributed by atoms with Crippen LogP contribution >= 0.6 is 0 Å². The number of unbranched alkanes of at least 4 members (excludes halogenated alkanes) is 2. The van der Waals surface area contributed by atoms with Crippen molar-refractivity contribution in [3.8, 4) is 0 Å². The van der Waals surface area contributed by atoms with Gasteiger partial charge in [0.1, 0.15) is 6.04 Å². The normalized spacial score (nSPS) is 11.9. The van der Waals surface area contributed by atoms with Gasteiger partial charge in [0, 0.05) is 6.42 Å². The number of ether oxygens (including phenoxy) is 1. The number of rotatable bonds is 7. The third-order valence-electron chi connectivity index (χ3n) is 2.80. The molecule has 0 saturated heterocycles. The maximum Gasteiger partial charge on any atom is 0.330 e. The molecular formula is C15H21NO3. The van der Waals surface area contributed by atoms with Gasteiger partial charge in [-0.05, 0) is 18.4 Å². The highest BCUT2D eigenvalue weighted by Gasteiger charge is 2.18. The molecule has 0 unspecified atom stereocenters. The molecule has 104 valence electrons. The van der Waals surface area contributed by atoms with Gasteiger partial charge < -0.3 is 10.5 Å². The average molecular weight is 263 g/mol. The Morgan fingerprint density at radius 2 is 1.89 bits per heavy atom. The van der Waals surface area contributed by atoms with Crippen LogP contribution in [-0.2, 0) is 20.7 Å². The summed E-state index contributed by atoms with van der Waals surface area (Å²) in [5.41, 5.74) is 6.68. The summed E-state index contributed by atoms with van der Waals surface area (Å²) in [5, 5.41) is 0. The first-order valence-electron chi connectivity index (χ1n) is 6.67. The summed E-state index contributed by atoms with van der Waals surface area (Å²) in [5.74, 6) is -1.13. The lowest BCUT2D eigenvalue weighted by Gasteiger charge is -2.10. The SMILES string of the molecule is CCCCCC(=O)OC(=O)[C@@H](N)Cc1ccccc1. The summed E-state index contributed by atoms with van der Waals surface area (Å²) >= 11 is 0. The molecule has 1 rings (SSSR count). The van der Waals surface area contributed by atoms with Crippen LogP contribution in [0, 0.1) is 0 Å². The molecule has 0 bridgehead atoms. The fourth-order valence-electron chi connectivity index (χ4n) is 1.71. The van der Waals surface area contributed by atoms with Crippen LogP contribution in [0.4, 0.5) is 0 Å². The van der Waals surface area contributed by atoms with Gasteiger partial charge in [0.15, 0.2) is 0 Å². The van der Waals surface area contributed by atoms with Crippen LogP contribution in [-0.4, -0.2) is 18.0 Å². The number of carbonyl (C=O) groups is 2. The molecule has 0 radical (unpaired) electrons. The summed E-state index contributed by atoms with van der Waals surface area (Å²) in [6.45, 7) is 2.05. The fourth-order valence-corrected chi connectivity index (χ4v) is 1.71. The highest BCUT2D eigenvalue weighted by molar-refractivity contribution is 5.88. The van der Waals surface area contributed by atoms with Gasteiger partial charge in [-0.3, -0.25) is 4.79 Å². The summed E-state index contributed by atoms with van der Waals surface area (Å²) in [7, 11) is 0. The van der Waals surface area contributed by atoms with Gasteiger partial charge >= 0.3 is 11.9 Å². The number of carbonyl (C=O) groups excluding carboxylic acids is 2. The van der Waals surface area contributed by atoms with Crippen molar-refractivity contribution in [2.45, 2.75) is 45.1 Å². The molecule has 2 N–H and O–H groups in total. The Labute approximate surface area is 113 Å². The van der Waals surface area contributed by atoms with Gasteiger partial charge in [-0.25, -0.2) is 4.79 Å². The van der Waals surface area contributed by atoms with Gasteiger partial charge in [-0.1, -0.05) is 50.1 Å². The maximum absolute atomic E-state index is 11.6. The molecular weight excluding hydrogens is 242 g/mol. The number of nitrogens with two attached hydrogens (primary N) is 1. The summed E-state index contributed by atoms with van der Waals surface area (Å²) in [4.78, 5) is 23.0. The van der Waals surface area contributed by atoms with Crippen molar-refractivity contribution >= 4 is 11.9 Å². The molecule has 0 aliphatic rings. The average Bonchev–Trinajstić information content (AvgIpc) is 2.40. The van der Waals surface area contributed by atoms with Crippen molar-refractivity contribution < 1.29 is 14.3 Å². The van der Waals surface area contributed by atoms with Crippen molar-refractivity contribution in [2.24, 2.45) is 5.73 Å². The Morgan fingerprint density at radius 3 is 2.53 bits per heavy atom. The molecule has 0 heterocycles. The van der Waals surface area contributed by atoms with E-state index >= 15 is 0 Å². The first-order valence-corrected chi connectivity index (χ1v) is 6.67. The van der Waals surface area contributed by atoms with Gasteiger partial charge in [-0.15, -0.1) is 0 Å². The second-order valence-electron chi connectivity index (χ2n) is 4.55. The van der Waals surface area contributed by atoms with Crippen LogP contribution in [0.25, 0.3) is 0 Å². The fraction of sp³-hybridized carbons (Fsp3) is 0.467. The molecule has 0 amide bonds. The van der Waals surface area contributed by atoms with Gasteiger partial charge in [0.05, 0.1) is 0 Å². The lowest BCUT2D eigenvalue weighted by molar-refractivity contribution is -0.160. The highest BCUT2D eigenvalue weighted by Crippen LogP contribution is 2.05. The molecule has 0 aliphatic carbocycles. The van der Waals surface area contributed by atoms with E-state index in [4.69, 9.17) is 10.5 Å². The summed E-state index contributed by atoms with van der Waals surface area (Å²) < 4.78 is 4.73. The van der Waals surface area contributed by atoms with E-state index in [0.29, 0.717) is 6.42 Å². The molecule has 0 saturated carbocycles. The second kappa shape index (κ2) is 8.43. The highest BCUT2D eigenvalue weighted by atomic mass is 16.6. The predicted octanol–water partition coefficient (Wildman–Crippen LogP) is 2.21. The molecule has 0 fully saturated rings. The van der Waals surface area contributed by atoms with E-state index < -0.39 is 18.0 Å². The number of hydrogen-bond acceptors (Lipinski definition) is 4. The predicted molar refractivity (Wildman–Crippen MR) is 73.4 cm³/mol. The van der Waals surface area contributed by atoms with Gasteiger partial charge in [-0.2, -0.15) is 0 Å². The van der Waals surface area contributed by atoms with Crippen LogP contribution in [0.2, 0.25) is 0 Å². The zero-order valence-electron chi connectivity index (χ0n) is 11.3. The van der Waals surface area contributed by atoms with Crippen LogP contribution in [0.15, 0.2) is 30.3 Å². The first kappa shape index (κ1) is 15.4. The van der Waals surface area contributed by atoms with E-state index in [2.05, 4.69) is 0 Å². The minimum Gasteiger partial charge on any atom is -0.392 e. The molecule has 1 atom stereocenters. The van der Waals surface area contributed by atoms with E-state index in [1.165, 1.54) is 0 Å². The third kappa shape index (κ3) is 6.15. The van der Waals surface area contributed by atoms with E-state index in [0.717, 1.165) is 24.8 Å². The molecule has 0 spiro atoms. The zero-order valence-corrected chi connectivity index (χ0v) is 11.3. The number of benzene rings is 1. The molecule has 0 aromatic heterocycles.